The zero-order valence-corrected chi connectivity index (χ0v) is 33.7. The van der Waals surface area contributed by atoms with Crippen LogP contribution in [0.4, 0.5) is 34.1 Å². The van der Waals surface area contributed by atoms with Crippen molar-refractivity contribution in [2.45, 2.75) is 77.8 Å². The lowest BCUT2D eigenvalue weighted by atomic mass is 9.79. The highest BCUT2D eigenvalue weighted by Gasteiger charge is 2.52. The Balaban J connectivity index is 1.04. The van der Waals surface area contributed by atoms with Crippen molar-refractivity contribution in [3.63, 3.8) is 0 Å². The zero-order chi connectivity index (χ0) is 39.3. The van der Waals surface area contributed by atoms with Gasteiger partial charge >= 0.3 is 14.2 Å². The molecule has 2 fully saturated rings. The van der Waals surface area contributed by atoms with E-state index < -0.39 is 36.6 Å². The second kappa shape index (κ2) is 14.4. The van der Waals surface area contributed by atoms with E-state index >= 15 is 0 Å². The van der Waals surface area contributed by atoms with Crippen LogP contribution in [0.1, 0.15) is 55.4 Å². The van der Waals surface area contributed by atoms with E-state index in [1.54, 1.807) is 0 Å². The Labute approximate surface area is 333 Å². The van der Waals surface area contributed by atoms with Crippen molar-refractivity contribution in [1.29, 1.82) is 0 Å². The van der Waals surface area contributed by atoms with Gasteiger partial charge in [0, 0.05) is 34.1 Å². The Morgan fingerprint density at radius 2 is 0.536 bits per heavy atom. The molecule has 0 amide bonds. The van der Waals surface area contributed by atoms with Gasteiger partial charge in [0.05, 0.1) is 22.4 Å². The molecule has 2 heterocycles. The summed E-state index contributed by atoms with van der Waals surface area (Å²) in [7, 11) is -0.810. The Kier molecular flexibility index (Phi) is 9.74. The first-order chi connectivity index (χ1) is 26.7. The third kappa shape index (κ3) is 7.19. The standard InChI is InChI=1S/C48H50B2N2O4/c1-45(2)46(3,4)54-49(53-45)37-23-31-43(32-24-37)51(39-15-11-9-12-16-39)41-27-19-35(20-28-41)36-21-29-42(30-22-36)52(40-17-13-10-14-18-40)44-33-25-38(26-34-44)50-55-47(5,6)48(7,8)56-50/h9-34H,1-8H3. The third-order valence-electron chi connectivity index (χ3n) is 12.0. The van der Waals surface area contributed by atoms with Gasteiger partial charge in [-0.05, 0) is 150 Å². The minimum absolute atomic E-state index is 0.390. The first-order valence-electron chi connectivity index (χ1n) is 19.5. The van der Waals surface area contributed by atoms with Crippen molar-refractivity contribution in [2.24, 2.45) is 0 Å². The van der Waals surface area contributed by atoms with Crippen LogP contribution in [-0.4, -0.2) is 36.6 Å². The lowest BCUT2D eigenvalue weighted by molar-refractivity contribution is 0.00578. The Hall–Kier alpha value is -5.11. The van der Waals surface area contributed by atoms with Gasteiger partial charge in [-0.1, -0.05) is 84.9 Å². The van der Waals surface area contributed by atoms with Crippen LogP contribution >= 0.6 is 0 Å². The van der Waals surface area contributed by atoms with E-state index in [9.17, 15) is 0 Å². The average molecular weight is 741 g/mol. The first-order valence-corrected chi connectivity index (χ1v) is 19.5. The second-order valence-corrected chi connectivity index (χ2v) is 16.8. The lowest BCUT2D eigenvalue weighted by Gasteiger charge is -2.32. The second-order valence-electron chi connectivity index (χ2n) is 16.8. The molecule has 0 aromatic heterocycles. The predicted molar refractivity (Wildman–Crippen MR) is 233 cm³/mol. The van der Waals surface area contributed by atoms with E-state index in [1.807, 2.05) is 12.1 Å². The Bertz CT molecular complexity index is 2060. The van der Waals surface area contributed by atoms with Crippen molar-refractivity contribution in [2.75, 3.05) is 9.80 Å². The molecule has 0 atom stereocenters. The molecule has 6 aromatic carbocycles. The predicted octanol–water partition coefficient (Wildman–Crippen LogP) is 10.9. The topological polar surface area (TPSA) is 43.4 Å². The van der Waals surface area contributed by atoms with E-state index in [1.165, 1.54) is 0 Å². The maximum absolute atomic E-state index is 6.33. The molecule has 6 aromatic rings. The zero-order valence-electron chi connectivity index (χ0n) is 33.7. The highest BCUT2D eigenvalue weighted by molar-refractivity contribution is 6.62. The fourth-order valence-corrected chi connectivity index (χ4v) is 7.17. The van der Waals surface area contributed by atoms with Gasteiger partial charge in [0.1, 0.15) is 0 Å². The summed E-state index contributed by atoms with van der Waals surface area (Å²) in [6, 6.07) is 55.5. The molecule has 0 unspecified atom stereocenters. The number of hydrogen-bond acceptors (Lipinski definition) is 6. The maximum Gasteiger partial charge on any atom is 0.494 e. The summed E-state index contributed by atoms with van der Waals surface area (Å²) >= 11 is 0. The van der Waals surface area contributed by atoms with Gasteiger partial charge in [0.25, 0.3) is 0 Å². The SMILES string of the molecule is CC1(C)OB(c2ccc(N(c3ccccc3)c3ccc(-c4ccc(N(c5ccccc5)c5ccc(B6OC(C)(C)C(C)(C)O6)cc5)cc4)cc3)cc2)OC1(C)C. The molecule has 0 aliphatic carbocycles. The maximum atomic E-state index is 6.33. The molecule has 0 radical (unpaired) electrons. The van der Waals surface area contributed by atoms with Crippen molar-refractivity contribution in [3.8, 4) is 11.1 Å². The summed E-state index contributed by atoms with van der Waals surface area (Å²) in [5, 5.41) is 0. The monoisotopic (exact) mass is 740 g/mol. The Morgan fingerprint density at radius 1 is 0.304 bits per heavy atom. The van der Waals surface area contributed by atoms with Crippen molar-refractivity contribution in [3.05, 3.63) is 158 Å². The fraction of sp³-hybridized carbons (Fsp3) is 0.250. The average Bonchev–Trinajstić information content (AvgIpc) is 3.56. The quantitative estimate of drug-likeness (QED) is 0.138. The molecule has 0 N–H and O–H groups in total. The molecular weight excluding hydrogens is 690 g/mol. The molecular formula is C48H50B2N2O4. The van der Waals surface area contributed by atoms with Gasteiger partial charge in [-0.15, -0.1) is 0 Å². The van der Waals surface area contributed by atoms with E-state index in [2.05, 4.69) is 211 Å². The van der Waals surface area contributed by atoms with Gasteiger partial charge in [-0.25, -0.2) is 0 Å². The van der Waals surface area contributed by atoms with E-state index in [0.29, 0.717) is 0 Å². The van der Waals surface area contributed by atoms with Crippen LogP contribution in [0, 0.1) is 0 Å². The molecule has 6 nitrogen and oxygen atoms in total. The summed E-state index contributed by atoms with van der Waals surface area (Å²) < 4.78 is 25.3. The largest absolute Gasteiger partial charge is 0.494 e. The molecule has 0 spiro atoms. The number of nitrogens with zero attached hydrogens (tertiary/aromatic N) is 2. The third-order valence-corrected chi connectivity index (χ3v) is 12.0. The van der Waals surface area contributed by atoms with Gasteiger partial charge in [0.15, 0.2) is 0 Å². The molecule has 2 saturated heterocycles. The van der Waals surface area contributed by atoms with Gasteiger partial charge in [0.2, 0.25) is 0 Å². The smallest absolute Gasteiger partial charge is 0.399 e. The summed E-state index contributed by atoms with van der Waals surface area (Å²) in [5.74, 6) is 0. The van der Waals surface area contributed by atoms with Crippen molar-refractivity contribution in [1.82, 2.24) is 0 Å². The van der Waals surface area contributed by atoms with E-state index in [0.717, 1.165) is 56.2 Å². The van der Waals surface area contributed by atoms with Gasteiger partial charge < -0.3 is 28.4 Å². The summed E-state index contributed by atoms with van der Waals surface area (Å²) in [6.07, 6.45) is 0. The molecule has 0 saturated carbocycles. The van der Waals surface area contributed by atoms with E-state index in [-0.39, 0.29) is 0 Å². The molecule has 56 heavy (non-hydrogen) atoms. The normalized spacial score (nSPS) is 17.9. The molecule has 282 valence electrons. The fourth-order valence-electron chi connectivity index (χ4n) is 7.17. The molecule has 2 aliphatic rings. The number of hydrogen-bond donors (Lipinski definition) is 0. The van der Waals surface area contributed by atoms with Gasteiger partial charge in [-0.2, -0.15) is 0 Å². The van der Waals surface area contributed by atoms with Crippen LogP contribution < -0.4 is 20.7 Å². The molecule has 2 aliphatic heterocycles. The number of para-hydroxylation sites is 2. The highest BCUT2D eigenvalue weighted by atomic mass is 16.7. The minimum Gasteiger partial charge on any atom is -0.399 e. The summed E-state index contributed by atoms with van der Waals surface area (Å²) in [4.78, 5) is 4.55. The van der Waals surface area contributed by atoms with Crippen LogP contribution in [0.5, 0.6) is 0 Å². The van der Waals surface area contributed by atoms with Gasteiger partial charge in [-0.3, -0.25) is 0 Å². The van der Waals surface area contributed by atoms with Crippen LogP contribution in [0.25, 0.3) is 11.1 Å². The molecule has 0 bridgehead atoms. The lowest BCUT2D eigenvalue weighted by Crippen LogP contribution is -2.41. The van der Waals surface area contributed by atoms with Crippen LogP contribution in [-0.2, 0) is 18.6 Å². The van der Waals surface area contributed by atoms with Crippen LogP contribution in [0.2, 0.25) is 0 Å². The number of rotatable bonds is 9. The minimum atomic E-state index is -0.405. The van der Waals surface area contributed by atoms with E-state index in [4.69, 9.17) is 18.6 Å². The van der Waals surface area contributed by atoms with Crippen LogP contribution in [0.15, 0.2) is 158 Å². The van der Waals surface area contributed by atoms with Crippen LogP contribution in [0.3, 0.4) is 0 Å². The summed E-state index contributed by atoms with van der Waals surface area (Å²) in [5.41, 5.74) is 9.14. The number of anilines is 6. The first kappa shape index (κ1) is 37.8. The van der Waals surface area contributed by atoms with Crippen molar-refractivity contribution >= 4 is 59.3 Å². The Morgan fingerprint density at radius 3 is 0.804 bits per heavy atom. The number of benzene rings is 6. The molecule has 8 rings (SSSR count). The molecule has 8 heteroatoms. The van der Waals surface area contributed by atoms with Crippen molar-refractivity contribution < 1.29 is 18.6 Å². The highest BCUT2D eigenvalue weighted by Crippen LogP contribution is 2.40. The summed E-state index contributed by atoms with van der Waals surface area (Å²) in [6.45, 7) is 16.7.